The average molecular weight is 419 g/mol. The second-order valence-corrected chi connectivity index (χ2v) is 7.11. The van der Waals surface area contributed by atoms with Crippen LogP contribution in [0.4, 0.5) is 18.9 Å². The van der Waals surface area contributed by atoms with Crippen molar-refractivity contribution < 1.29 is 17.9 Å². The predicted molar refractivity (Wildman–Crippen MR) is 118 cm³/mol. The van der Waals surface area contributed by atoms with Gasteiger partial charge in [-0.1, -0.05) is 38.1 Å². The smallest absolute Gasteiger partial charge is 0.392 e. The number of alkyl halides is 3. The topological polar surface area (TPSA) is 38.5 Å². The van der Waals surface area contributed by atoms with Gasteiger partial charge in [0.05, 0.1) is 24.9 Å². The van der Waals surface area contributed by atoms with Gasteiger partial charge in [0.1, 0.15) is 5.75 Å². The van der Waals surface area contributed by atoms with Crippen molar-refractivity contribution in [3.8, 4) is 18.6 Å². The van der Waals surface area contributed by atoms with E-state index in [1.807, 2.05) is 24.3 Å². The molecule has 0 saturated heterocycles. The first-order valence-electron chi connectivity index (χ1n) is 9.58. The third-order valence-electron chi connectivity index (χ3n) is 4.40. The molecule has 0 spiro atoms. The Morgan fingerprint density at radius 3 is 2.10 bits per heavy atom. The highest BCUT2D eigenvalue weighted by atomic mass is 19.4. The molecule has 0 atom stereocenters. The lowest BCUT2D eigenvalue weighted by molar-refractivity contribution is -0.124. The molecule has 0 bridgehead atoms. The second-order valence-electron chi connectivity index (χ2n) is 7.11. The number of hydrazine groups is 1. The number of anilines is 1. The monoisotopic (exact) mass is 418 g/mol. The minimum atomic E-state index is -4.30. The SMILES string of the molecule is C#C.COc1ccc(N(N)/C(=C\CC(F)(F)F)c2ccc(CCC(C)C)cc2)cc1. The van der Waals surface area contributed by atoms with Gasteiger partial charge in [0, 0.05) is 0 Å². The molecule has 0 aromatic heterocycles. The number of hydrogen-bond donors (Lipinski definition) is 1. The van der Waals surface area contributed by atoms with Crippen molar-refractivity contribution in [2.75, 3.05) is 12.1 Å². The minimum Gasteiger partial charge on any atom is -0.497 e. The Kier molecular flexibility index (Phi) is 10.00. The van der Waals surface area contributed by atoms with Crippen LogP contribution in [0, 0.1) is 18.8 Å². The number of hydrogen-bond acceptors (Lipinski definition) is 3. The molecule has 0 aliphatic heterocycles. The molecule has 2 rings (SSSR count). The summed E-state index contributed by atoms with van der Waals surface area (Å²) in [6, 6.07) is 14.4. The van der Waals surface area contributed by atoms with Gasteiger partial charge in [-0.25, -0.2) is 5.84 Å². The predicted octanol–water partition coefficient (Wildman–Crippen LogP) is 6.21. The lowest BCUT2D eigenvalue weighted by atomic mass is 10.0. The van der Waals surface area contributed by atoms with Crippen LogP contribution >= 0.6 is 0 Å². The summed E-state index contributed by atoms with van der Waals surface area (Å²) in [7, 11) is 1.55. The first-order valence-corrected chi connectivity index (χ1v) is 9.58. The Morgan fingerprint density at radius 2 is 1.63 bits per heavy atom. The van der Waals surface area contributed by atoms with Gasteiger partial charge < -0.3 is 4.74 Å². The molecule has 0 fully saturated rings. The van der Waals surface area contributed by atoms with E-state index in [-0.39, 0.29) is 0 Å². The quantitative estimate of drug-likeness (QED) is 0.315. The van der Waals surface area contributed by atoms with E-state index in [9.17, 15) is 13.2 Å². The lowest BCUT2D eigenvalue weighted by Gasteiger charge is -2.23. The van der Waals surface area contributed by atoms with Crippen LogP contribution in [-0.4, -0.2) is 13.3 Å². The van der Waals surface area contributed by atoms with Crippen LogP contribution in [-0.2, 0) is 6.42 Å². The number of terminal acetylenes is 1. The van der Waals surface area contributed by atoms with Gasteiger partial charge in [-0.3, -0.25) is 5.01 Å². The zero-order chi connectivity index (χ0) is 22.7. The fraction of sp³-hybridized carbons (Fsp3) is 0.333. The van der Waals surface area contributed by atoms with Crippen molar-refractivity contribution in [2.24, 2.45) is 11.8 Å². The number of benzene rings is 2. The van der Waals surface area contributed by atoms with Crippen LogP contribution in [0.15, 0.2) is 54.6 Å². The summed E-state index contributed by atoms with van der Waals surface area (Å²) in [6.07, 6.45) is 5.76. The number of allylic oxidation sites excluding steroid dienone is 1. The maximum Gasteiger partial charge on any atom is 0.392 e. The van der Waals surface area contributed by atoms with Crippen LogP contribution in [0.1, 0.15) is 37.8 Å². The highest BCUT2D eigenvalue weighted by molar-refractivity contribution is 5.78. The highest BCUT2D eigenvalue weighted by Gasteiger charge is 2.26. The number of nitrogens with two attached hydrogens (primary N) is 1. The van der Waals surface area contributed by atoms with Gasteiger partial charge in [0.15, 0.2) is 0 Å². The van der Waals surface area contributed by atoms with Crippen molar-refractivity contribution in [1.82, 2.24) is 0 Å². The molecule has 2 aromatic carbocycles. The first kappa shape index (κ1) is 25.1. The van der Waals surface area contributed by atoms with Crippen LogP contribution in [0.3, 0.4) is 0 Å². The van der Waals surface area contributed by atoms with Gasteiger partial charge in [0.25, 0.3) is 0 Å². The Bertz CT molecular complexity index is 807. The molecule has 0 heterocycles. The van der Waals surface area contributed by atoms with E-state index in [0.29, 0.717) is 28.6 Å². The Hall–Kier alpha value is -2.91. The first-order chi connectivity index (χ1) is 14.2. The van der Waals surface area contributed by atoms with Crippen LogP contribution in [0.25, 0.3) is 5.70 Å². The normalized spacial score (nSPS) is 11.6. The molecule has 2 aromatic rings. The van der Waals surface area contributed by atoms with Gasteiger partial charge in [-0.15, -0.1) is 12.8 Å². The van der Waals surface area contributed by atoms with E-state index in [1.165, 1.54) is 5.01 Å². The van der Waals surface area contributed by atoms with Crippen LogP contribution in [0.2, 0.25) is 0 Å². The minimum absolute atomic E-state index is 0.304. The molecule has 6 heteroatoms. The summed E-state index contributed by atoms with van der Waals surface area (Å²) >= 11 is 0. The maximum atomic E-state index is 12.8. The standard InChI is InChI=1S/C22H27F3N2O.C2H2/c1-16(2)4-5-17-6-8-18(9-7-17)21(14-15-22(23,24)25)27(26)19-10-12-20(28-3)13-11-19;1-2/h6-14,16H,4-5,15,26H2,1-3H3;1-2H/b21-14-;. The van der Waals surface area contributed by atoms with E-state index < -0.39 is 12.6 Å². The zero-order valence-corrected chi connectivity index (χ0v) is 17.6. The number of rotatable bonds is 8. The Morgan fingerprint density at radius 1 is 1.07 bits per heavy atom. The summed E-state index contributed by atoms with van der Waals surface area (Å²) in [5, 5.41) is 1.27. The summed E-state index contributed by atoms with van der Waals surface area (Å²) in [6.45, 7) is 4.32. The van der Waals surface area contributed by atoms with Crippen LogP contribution < -0.4 is 15.6 Å². The van der Waals surface area contributed by atoms with Gasteiger partial charge in [0.2, 0.25) is 0 Å². The molecule has 0 amide bonds. The molecule has 0 unspecified atom stereocenters. The maximum absolute atomic E-state index is 12.8. The number of nitrogens with zero attached hydrogens (tertiary/aromatic N) is 1. The second kappa shape index (κ2) is 11.9. The molecule has 0 aliphatic rings. The zero-order valence-electron chi connectivity index (χ0n) is 17.6. The molecular weight excluding hydrogens is 389 g/mol. The summed E-state index contributed by atoms with van der Waals surface area (Å²) in [4.78, 5) is 0. The highest BCUT2D eigenvalue weighted by Crippen LogP contribution is 2.29. The summed E-state index contributed by atoms with van der Waals surface area (Å²) in [5.41, 5.74) is 2.66. The molecule has 30 heavy (non-hydrogen) atoms. The molecule has 162 valence electrons. The van der Waals surface area contributed by atoms with E-state index in [1.54, 1.807) is 31.4 Å². The Labute approximate surface area is 177 Å². The molecule has 3 nitrogen and oxygen atoms in total. The van der Waals surface area contributed by atoms with Gasteiger partial charge in [-0.2, -0.15) is 13.2 Å². The average Bonchev–Trinajstić information content (AvgIpc) is 2.73. The number of aryl methyl sites for hydroxylation is 1. The number of halogens is 3. The fourth-order valence-electron chi connectivity index (χ4n) is 2.75. The van der Waals surface area contributed by atoms with Gasteiger partial charge >= 0.3 is 6.18 Å². The summed E-state index contributed by atoms with van der Waals surface area (Å²) in [5.74, 6) is 7.43. The van der Waals surface area contributed by atoms with Crippen molar-refractivity contribution in [3.05, 3.63) is 65.7 Å². The molecule has 0 radical (unpaired) electrons. The van der Waals surface area contributed by atoms with Crippen molar-refractivity contribution in [3.63, 3.8) is 0 Å². The molecular formula is C24H29F3N2O. The Balaban J connectivity index is 0.00000218. The van der Waals surface area contributed by atoms with Crippen LogP contribution in [0.5, 0.6) is 5.75 Å². The number of ether oxygens (including phenoxy) is 1. The van der Waals surface area contributed by atoms with Gasteiger partial charge in [-0.05, 0) is 60.2 Å². The van der Waals surface area contributed by atoms with Crippen molar-refractivity contribution in [2.45, 2.75) is 39.3 Å². The van der Waals surface area contributed by atoms with E-state index >= 15 is 0 Å². The largest absolute Gasteiger partial charge is 0.497 e. The number of methoxy groups -OCH3 is 1. The van der Waals surface area contributed by atoms with Crippen molar-refractivity contribution >= 4 is 11.4 Å². The lowest BCUT2D eigenvalue weighted by Crippen LogP contribution is -2.29. The van der Waals surface area contributed by atoms with E-state index in [0.717, 1.165) is 24.5 Å². The van der Waals surface area contributed by atoms with Crippen molar-refractivity contribution in [1.29, 1.82) is 0 Å². The molecule has 2 N–H and O–H groups in total. The third kappa shape index (κ3) is 8.22. The van der Waals surface area contributed by atoms with E-state index in [2.05, 4.69) is 26.7 Å². The molecule has 0 aliphatic carbocycles. The fourth-order valence-corrected chi connectivity index (χ4v) is 2.75. The molecule has 0 saturated carbocycles. The third-order valence-corrected chi connectivity index (χ3v) is 4.40. The summed E-state index contributed by atoms with van der Waals surface area (Å²) < 4.78 is 43.6. The van der Waals surface area contributed by atoms with E-state index in [4.69, 9.17) is 10.6 Å².